The molecule has 4 aromatic rings. The largest absolute Gasteiger partial charge is 0.497 e. The van der Waals surface area contributed by atoms with E-state index in [1.165, 1.54) is 12.3 Å². The predicted octanol–water partition coefficient (Wildman–Crippen LogP) is 5.12. The predicted molar refractivity (Wildman–Crippen MR) is 166 cm³/mol. The molecule has 2 aromatic heterocycles. The third-order valence-electron chi connectivity index (χ3n) is 7.28. The summed E-state index contributed by atoms with van der Waals surface area (Å²) in [6.45, 7) is 7.14. The molecule has 1 N–H and O–H groups in total. The second-order valence-corrected chi connectivity index (χ2v) is 13.0. The van der Waals surface area contributed by atoms with E-state index in [-0.39, 0.29) is 11.6 Å². The fourth-order valence-corrected chi connectivity index (χ4v) is 5.67. The second-order valence-electron chi connectivity index (χ2n) is 10.8. The van der Waals surface area contributed by atoms with E-state index >= 15 is 4.39 Å². The van der Waals surface area contributed by atoms with Crippen LogP contribution < -0.4 is 15.0 Å². The molecule has 1 aliphatic rings. The summed E-state index contributed by atoms with van der Waals surface area (Å²) in [7, 11) is -1.38. The van der Waals surface area contributed by atoms with E-state index in [9.17, 15) is 8.42 Å². The standard InChI is InChI=1S/C31H37FN6O4S/c1-5-6-28-36-29(22-17-21(2)18-24(19-22)41-3)30(42-28)26-9-10-33-31(35-26)34-23-7-8-27(25(32)20-23)38-13-11-37(12-14-38)15-16-43(4,39)40/h7-10,17-20H,5-6,11-16H2,1-4H3,(H,33,34,35). The Balaban J connectivity index is 1.33. The van der Waals surface area contributed by atoms with Crippen LogP contribution in [0.1, 0.15) is 24.8 Å². The zero-order valence-corrected chi connectivity index (χ0v) is 25.7. The fourth-order valence-electron chi connectivity index (χ4n) is 5.08. The number of sulfone groups is 1. The van der Waals surface area contributed by atoms with Gasteiger partial charge in [-0.1, -0.05) is 6.92 Å². The van der Waals surface area contributed by atoms with Gasteiger partial charge in [0.15, 0.2) is 11.7 Å². The molecule has 12 heteroatoms. The maximum Gasteiger partial charge on any atom is 0.227 e. The Kier molecular flexibility index (Phi) is 9.26. The highest BCUT2D eigenvalue weighted by Crippen LogP contribution is 2.35. The van der Waals surface area contributed by atoms with Crippen molar-refractivity contribution in [2.45, 2.75) is 26.7 Å². The quantitative estimate of drug-likeness (QED) is 0.246. The first-order valence-electron chi connectivity index (χ1n) is 14.3. The summed E-state index contributed by atoms with van der Waals surface area (Å²) in [5.41, 5.74) is 4.13. The number of rotatable bonds is 11. The van der Waals surface area contributed by atoms with Crippen LogP contribution in [0.25, 0.3) is 22.7 Å². The van der Waals surface area contributed by atoms with E-state index in [2.05, 4.69) is 27.1 Å². The van der Waals surface area contributed by atoms with Crippen molar-refractivity contribution in [3.05, 3.63) is 65.9 Å². The summed E-state index contributed by atoms with van der Waals surface area (Å²) < 4.78 is 49.9. The van der Waals surface area contributed by atoms with Crippen molar-refractivity contribution in [1.29, 1.82) is 0 Å². The summed E-state index contributed by atoms with van der Waals surface area (Å²) in [4.78, 5) is 17.9. The molecule has 2 aromatic carbocycles. The number of aryl methyl sites for hydroxylation is 2. The monoisotopic (exact) mass is 608 g/mol. The molecular weight excluding hydrogens is 571 g/mol. The van der Waals surface area contributed by atoms with Gasteiger partial charge in [0, 0.05) is 62.8 Å². The molecule has 0 radical (unpaired) electrons. The van der Waals surface area contributed by atoms with Crippen molar-refractivity contribution in [3.63, 3.8) is 0 Å². The van der Waals surface area contributed by atoms with Crippen LogP contribution in [-0.2, 0) is 16.3 Å². The Labute approximate surface area is 251 Å². The molecule has 0 amide bonds. The lowest BCUT2D eigenvalue weighted by Gasteiger charge is -2.36. The number of aromatic nitrogens is 3. The Morgan fingerprint density at radius 1 is 1.07 bits per heavy atom. The van der Waals surface area contributed by atoms with Crippen LogP contribution in [0.5, 0.6) is 5.75 Å². The summed E-state index contributed by atoms with van der Waals surface area (Å²) in [6, 6.07) is 12.6. The average molecular weight is 609 g/mol. The summed E-state index contributed by atoms with van der Waals surface area (Å²) in [5.74, 6) is 1.94. The first-order chi connectivity index (χ1) is 20.6. The molecule has 43 heavy (non-hydrogen) atoms. The van der Waals surface area contributed by atoms with Crippen LogP contribution in [0.15, 0.2) is 53.1 Å². The number of nitrogens with zero attached hydrogens (tertiary/aromatic N) is 5. The van der Waals surface area contributed by atoms with Crippen LogP contribution in [0.3, 0.4) is 0 Å². The van der Waals surface area contributed by atoms with Gasteiger partial charge >= 0.3 is 0 Å². The molecule has 1 fully saturated rings. The van der Waals surface area contributed by atoms with E-state index < -0.39 is 9.84 Å². The van der Waals surface area contributed by atoms with E-state index in [1.54, 1.807) is 31.5 Å². The third kappa shape index (κ3) is 7.68. The van der Waals surface area contributed by atoms with E-state index in [0.29, 0.717) is 79.5 Å². The summed E-state index contributed by atoms with van der Waals surface area (Å²) in [6.07, 6.45) is 4.44. The van der Waals surface area contributed by atoms with E-state index in [0.717, 1.165) is 23.3 Å². The number of hydrogen-bond donors (Lipinski definition) is 1. The third-order valence-corrected chi connectivity index (χ3v) is 8.20. The van der Waals surface area contributed by atoms with Gasteiger partial charge in [-0.05, 0) is 61.4 Å². The Morgan fingerprint density at radius 3 is 2.56 bits per heavy atom. The minimum Gasteiger partial charge on any atom is -0.497 e. The van der Waals surface area contributed by atoms with Gasteiger partial charge in [0.2, 0.25) is 5.95 Å². The van der Waals surface area contributed by atoms with Gasteiger partial charge in [0.25, 0.3) is 0 Å². The average Bonchev–Trinajstić information content (AvgIpc) is 3.40. The Hall–Kier alpha value is -4.03. The number of benzene rings is 2. The first-order valence-corrected chi connectivity index (χ1v) is 16.4. The minimum atomic E-state index is -3.01. The number of oxazole rings is 1. The molecule has 0 atom stereocenters. The van der Waals surface area contributed by atoms with Crippen molar-refractivity contribution in [1.82, 2.24) is 19.9 Å². The van der Waals surface area contributed by atoms with Gasteiger partial charge in [0.1, 0.15) is 32.8 Å². The molecule has 228 valence electrons. The van der Waals surface area contributed by atoms with Gasteiger partial charge in [-0.25, -0.2) is 27.8 Å². The number of hydrogen-bond acceptors (Lipinski definition) is 10. The molecule has 0 aliphatic carbocycles. The molecular formula is C31H37FN6O4S. The lowest BCUT2D eigenvalue weighted by Crippen LogP contribution is -2.47. The number of piperazine rings is 1. The Morgan fingerprint density at radius 2 is 1.86 bits per heavy atom. The Bertz CT molecular complexity index is 1690. The van der Waals surface area contributed by atoms with Crippen molar-refractivity contribution < 1.29 is 22.0 Å². The number of halogens is 1. The molecule has 1 aliphatic heterocycles. The van der Waals surface area contributed by atoms with Crippen molar-refractivity contribution in [2.24, 2.45) is 0 Å². The lowest BCUT2D eigenvalue weighted by atomic mass is 10.1. The van der Waals surface area contributed by atoms with Crippen LogP contribution in [0, 0.1) is 12.7 Å². The van der Waals surface area contributed by atoms with Gasteiger partial charge in [-0.2, -0.15) is 0 Å². The normalized spacial score (nSPS) is 14.2. The number of ether oxygens (including phenoxy) is 1. The molecule has 0 saturated carbocycles. The van der Waals surface area contributed by atoms with Crippen molar-refractivity contribution >= 4 is 27.2 Å². The topological polar surface area (TPSA) is 114 Å². The zero-order valence-electron chi connectivity index (χ0n) is 24.9. The van der Waals surface area contributed by atoms with Gasteiger partial charge < -0.3 is 19.4 Å². The van der Waals surface area contributed by atoms with Gasteiger partial charge in [-0.3, -0.25) is 4.90 Å². The van der Waals surface area contributed by atoms with Gasteiger partial charge in [-0.15, -0.1) is 0 Å². The van der Waals surface area contributed by atoms with Crippen molar-refractivity contribution in [2.75, 3.05) is 62.1 Å². The van der Waals surface area contributed by atoms with E-state index in [4.69, 9.17) is 14.1 Å². The fraction of sp³-hybridized carbons (Fsp3) is 0.387. The van der Waals surface area contributed by atoms with Crippen LogP contribution in [0.4, 0.5) is 21.7 Å². The number of anilines is 3. The maximum atomic E-state index is 15.2. The lowest BCUT2D eigenvalue weighted by molar-refractivity contribution is 0.271. The summed E-state index contributed by atoms with van der Waals surface area (Å²) in [5, 5.41) is 3.11. The van der Waals surface area contributed by atoms with Crippen LogP contribution in [-0.4, -0.2) is 80.1 Å². The van der Waals surface area contributed by atoms with E-state index in [1.807, 2.05) is 30.0 Å². The molecule has 0 unspecified atom stereocenters. The first kappa shape index (κ1) is 30.4. The van der Waals surface area contributed by atoms with Gasteiger partial charge in [0.05, 0.1) is 18.6 Å². The zero-order chi connectivity index (χ0) is 30.6. The second kappa shape index (κ2) is 13.1. The highest BCUT2D eigenvalue weighted by atomic mass is 32.2. The molecule has 0 spiro atoms. The number of nitrogens with one attached hydrogen (secondary N) is 1. The number of methoxy groups -OCH3 is 1. The molecule has 10 nitrogen and oxygen atoms in total. The summed E-state index contributed by atoms with van der Waals surface area (Å²) >= 11 is 0. The molecule has 3 heterocycles. The van der Waals surface area contributed by atoms with Crippen LogP contribution in [0.2, 0.25) is 0 Å². The molecule has 0 bridgehead atoms. The smallest absolute Gasteiger partial charge is 0.227 e. The highest BCUT2D eigenvalue weighted by molar-refractivity contribution is 7.90. The SMILES string of the molecule is CCCc1nc(-c2cc(C)cc(OC)c2)c(-c2ccnc(Nc3ccc(N4CCN(CCS(C)(=O)=O)CC4)c(F)c3)n2)o1. The minimum absolute atomic E-state index is 0.128. The van der Waals surface area contributed by atoms with Crippen LogP contribution >= 0.6 is 0 Å². The molecule has 1 saturated heterocycles. The maximum absolute atomic E-state index is 15.2. The molecule has 5 rings (SSSR count). The van der Waals surface area contributed by atoms with Crippen molar-refractivity contribution in [3.8, 4) is 28.5 Å². The highest BCUT2D eigenvalue weighted by Gasteiger charge is 2.22.